The van der Waals surface area contributed by atoms with Crippen LogP contribution in [0, 0.1) is 17.3 Å². The first-order chi connectivity index (χ1) is 12.0. The Morgan fingerprint density at radius 1 is 1.32 bits per heavy atom. The van der Waals surface area contributed by atoms with Crippen molar-refractivity contribution in [3.8, 4) is 11.5 Å². The number of rotatable bonds is 4. The van der Waals surface area contributed by atoms with Gasteiger partial charge in [0.2, 0.25) is 12.6 Å². The van der Waals surface area contributed by atoms with Crippen molar-refractivity contribution in [1.82, 2.24) is 0 Å². The van der Waals surface area contributed by atoms with Gasteiger partial charge in [-0.15, -0.1) is 6.58 Å². The molecule has 2 aliphatic carbocycles. The quantitative estimate of drug-likeness (QED) is 0.623. The van der Waals surface area contributed by atoms with Crippen LogP contribution in [0.15, 0.2) is 42.7 Å². The van der Waals surface area contributed by atoms with Crippen LogP contribution in [0.4, 0.5) is 0 Å². The van der Waals surface area contributed by atoms with Crippen molar-refractivity contribution >= 4 is 11.6 Å². The van der Waals surface area contributed by atoms with Gasteiger partial charge in [-0.3, -0.25) is 9.59 Å². The normalized spacial score (nSPS) is 32.6. The number of carbonyl (C=O) groups excluding carboxylic acids is 2. The molecular formula is C20H20O5. The molecule has 4 rings (SSSR count). The van der Waals surface area contributed by atoms with Crippen molar-refractivity contribution < 1.29 is 23.8 Å². The van der Waals surface area contributed by atoms with Crippen molar-refractivity contribution in [2.24, 2.45) is 17.3 Å². The van der Waals surface area contributed by atoms with E-state index in [4.69, 9.17) is 14.2 Å². The summed E-state index contributed by atoms with van der Waals surface area (Å²) in [6.07, 6.45) is 3.95. The number of hydrogen-bond donors (Lipinski definition) is 0. The number of ether oxygens (including phenoxy) is 3. The number of fused-ring (bicyclic) bond motifs is 3. The standard InChI is InChI=1S/C20H20O5/c1-4-7-20-9-15(23-3)18(21)17(19(20)22)16(11(20)2)12-5-6-13-14(8-12)25-10-24-13/h4-6,8-9,11,16-17H,1,7,10H2,2-3H3/t11-,16+,17+,20+/m1/s1. The van der Waals surface area contributed by atoms with Gasteiger partial charge in [0.15, 0.2) is 23.0 Å². The smallest absolute Gasteiger partial charge is 0.231 e. The third-order valence-electron chi connectivity index (χ3n) is 5.85. The van der Waals surface area contributed by atoms with Crippen LogP contribution in [0.1, 0.15) is 24.8 Å². The van der Waals surface area contributed by atoms with Crippen LogP contribution in [0.2, 0.25) is 0 Å². The van der Waals surface area contributed by atoms with E-state index < -0.39 is 11.3 Å². The first-order valence-corrected chi connectivity index (χ1v) is 8.39. The summed E-state index contributed by atoms with van der Waals surface area (Å²) in [7, 11) is 1.47. The highest BCUT2D eigenvalue weighted by Crippen LogP contribution is 2.59. The first-order valence-electron chi connectivity index (χ1n) is 8.39. The van der Waals surface area contributed by atoms with Crippen LogP contribution < -0.4 is 9.47 Å². The summed E-state index contributed by atoms with van der Waals surface area (Å²) >= 11 is 0. The Balaban J connectivity index is 1.84. The average Bonchev–Trinajstić information content (AvgIpc) is 3.13. The number of benzene rings is 1. The van der Waals surface area contributed by atoms with Gasteiger partial charge in [0.05, 0.1) is 18.4 Å². The van der Waals surface area contributed by atoms with Crippen molar-refractivity contribution in [3.63, 3.8) is 0 Å². The van der Waals surface area contributed by atoms with Crippen molar-refractivity contribution in [1.29, 1.82) is 0 Å². The minimum absolute atomic E-state index is 0.0339. The molecule has 5 heteroatoms. The molecule has 0 saturated heterocycles. The second kappa shape index (κ2) is 5.48. The maximum atomic E-state index is 13.2. The van der Waals surface area contributed by atoms with Crippen LogP contribution >= 0.6 is 0 Å². The Labute approximate surface area is 146 Å². The molecule has 0 unspecified atom stereocenters. The molecule has 1 saturated carbocycles. The number of hydrogen-bond acceptors (Lipinski definition) is 5. The number of methoxy groups -OCH3 is 1. The zero-order valence-corrected chi connectivity index (χ0v) is 14.3. The Morgan fingerprint density at radius 3 is 2.80 bits per heavy atom. The molecule has 0 radical (unpaired) electrons. The lowest BCUT2D eigenvalue weighted by Gasteiger charge is -2.31. The Hall–Kier alpha value is -2.56. The summed E-state index contributed by atoms with van der Waals surface area (Å²) in [6.45, 7) is 6.02. The molecule has 1 heterocycles. The third-order valence-corrected chi connectivity index (χ3v) is 5.85. The number of Topliss-reactive ketones (excluding diaryl/α,β-unsaturated/α-hetero) is 2. The van der Waals surface area contributed by atoms with E-state index in [1.54, 1.807) is 12.2 Å². The fourth-order valence-electron chi connectivity index (χ4n) is 4.57. The van der Waals surface area contributed by atoms with Crippen LogP contribution in [0.25, 0.3) is 0 Å². The van der Waals surface area contributed by atoms with Crippen LogP contribution in [-0.2, 0) is 14.3 Å². The van der Waals surface area contributed by atoms with E-state index in [1.807, 2.05) is 25.1 Å². The second-order valence-corrected chi connectivity index (χ2v) is 6.88. The molecule has 2 bridgehead atoms. The molecule has 0 amide bonds. The molecule has 1 aliphatic heterocycles. The lowest BCUT2D eigenvalue weighted by Crippen LogP contribution is -2.38. The molecule has 0 N–H and O–H groups in total. The third kappa shape index (κ3) is 2.01. The van der Waals surface area contributed by atoms with Crippen molar-refractivity contribution in [3.05, 3.63) is 48.3 Å². The highest BCUT2D eigenvalue weighted by Gasteiger charge is 2.62. The minimum atomic E-state index is -0.743. The van der Waals surface area contributed by atoms with Gasteiger partial charge in [-0.2, -0.15) is 0 Å². The van der Waals surface area contributed by atoms with E-state index in [-0.39, 0.29) is 36.0 Å². The van der Waals surface area contributed by atoms with Gasteiger partial charge >= 0.3 is 0 Å². The largest absolute Gasteiger partial charge is 0.493 e. The van der Waals surface area contributed by atoms with E-state index in [1.165, 1.54) is 7.11 Å². The molecule has 25 heavy (non-hydrogen) atoms. The number of ketones is 2. The van der Waals surface area contributed by atoms with Gasteiger partial charge in [-0.25, -0.2) is 0 Å². The molecule has 0 aromatic heterocycles. The summed E-state index contributed by atoms with van der Waals surface area (Å²) in [5.74, 6) is 0.345. The predicted molar refractivity (Wildman–Crippen MR) is 90.3 cm³/mol. The summed E-state index contributed by atoms with van der Waals surface area (Å²) in [4.78, 5) is 26.0. The van der Waals surface area contributed by atoms with Gasteiger partial charge < -0.3 is 14.2 Å². The molecule has 1 fully saturated rings. The second-order valence-electron chi connectivity index (χ2n) is 6.88. The maximum Gasteiger partial charge on any atom is 0.231 e. The highest BCUT2D eigenvalue weighted by atomic mass is 16.7. The minimum Gasteiger partial charge on any atom is -0.493 e. The maximum absolute atomic E-state index is 13.2. The molecule has 4 atom stereocenters. The molecule has 5 nitrogen and oxygen atoms in total. The highest BCUT2D eigenvalue weighted by molar-refractivity contribution is 6.17. The van der Waals surface area contributed by atoms with E-state index in [2.05, 4.69) is 6.58 Å². The molecule has 1 aromatic rings. The summed E-state index contributed by atoms with van der Waals surface area (Å²) < 4.78 is 16.1. The van der Waals surface area contributed by atoms with Gasteiger partial charge in [-0.05, 0) is 36.1 Å². The van der Waals surface area contributed by atoms with Gasteiger partial charge in [0.25, 0.3) is 0 Å². The summed E-state index contributed by atoms with van der Waals surface area (Å²) in [5.41, 5.74) is 0.173. The molecule has 0 spiro atoms. The lowest BCUT2D eigenvalue weighted by atomic mass is 9.71. The Bertz CT molecular complexity index is 808. The predicted octanol–water partition coefficient (Wildman–Crippen LogP) is 3.01. The Kier molecular flexibility index (Phi) is 3.49. The van der Waals surface area contributed by atoms with Gasteiger partial charge in [0.1, 0.15) is 0 Å². The van der Waals surface area contributed by atoms with Gasteiger partial charge in [-0.1, -0.05) is 19.1 Å². The summed E-state index contributed by atoms with van der Waals surface area (Å²) in [6, 6.07) is 5.65. The molecule has 130 valence electrons. The molecule has 3 aliphatic rings. The SMILES string of the molecule is C=CC[C@@]12C=C(OC)C(=O)[C@@H](C1=O)[C@H](c1ccc3c(c1)OCO3)[C@H]2C. The van der Waals surface area contributed by atoms with E-state index in [9.17, 15) is 9.59 Å². The zero-order valence-electron chi connectivity index (χ0n) is 14.3. The lowest BCUT2D eigenvalue weighted by molar-refractivity contribution is -0.136. The van der Waals surface area contributed by atoms with E-state index in [0.29, 0.717) is 17.9 Å². The van der Waals surface area contributed by atoms with Crippen LogP contribution in [0.5, 0.6) is 11.5 Å². The summed E-state index contributed by atoms with van der Waals surface area (Å²) in [5, 5.41) is 0. The Morgan fingerprint density at radius 2 is 2.08 bits per heavy atom. The molecular weight excluding hydrogens is 320 g/mol. The van der Waals surface area contributed by atoms with Crippen LogP contribution in [-0.4, -0.2) is 25.5 Å². The molecule has 1 aromatic carbocycles. The van der Waals surface area contributed by atoms with Crippen LogP contribution in [0.3, 0.4) is 0 Å². The zero-order chi connectivity index (χ0) is 17.8. The average molecular weight is 340 g/mol. The monoisotopic (exact) mass is 340 g/mol. The van der Waals surface area contributed by atoms with Crippen molar-refractivity contribution in [2.45, 2.75) is 19.3 Å². The number of allylic oxidation sites excluding steroid dienone is 3. The topological polar surface area (TPSA) is 61.8 Å². The van der Waals surface area contributed by atoms with E-state index in [0.717, 1.165) is 5.56 Å². The fourth-order valence-corrected chi connectivity index (χ4v) is 4.57. The van der Waals surface area contributed by atoms with Gasteiger partial charge in [0, 0.05) is 5.92 Å². The fraction of sp³-hybridized carbons (Fsp3) is 0.400. The first kappa shape index (κ1) is 15.9. The van der Waals surface area contributed by atoms with Crippen molar-refractivity contribution in [2.75, 3.05) is 13.9 Å². The van der Waals surface area contributed by atoms with E-state index >= 15 is 0 Å². The number of carbonyl (C=O) groups is 2.